The molecule has 2 atom stereocenters. The number of benzene rings is 2. The smallest absolute Gasteiger partial charge is 0.410 e. The fourth-order valence-corrected chi connectivity index (χ4v) is 4.58. The summed E-state index contributed by atoms with van der Waals surface area (Å²) in [6.45, 7) is 0.264. The summed E-state index contributed by atoms with van der Waals surface area (Å²) < 4.78 is 5.54. The molecule has 0 aromatic heterocycles. The molecule has 2 aliphatic rings. The molecule has 5 nitrogen and oxygen atoms in total. The third-order valence-corrected chi connectivity index (χ3v) is 5.96. The molecule has 1 amide bonds. The van der Waals surface area contributed by atoms with Crippen molar-refractivity contribution in [3.63, 3.8) is 0 Å². The van der Waals surface area contributed by atoms with E-state index in [1.54, 1.807) is 0 Å². The van der Waals surface area contributed by atoms with Crippen molar-refractivity contribution in [2.45, 2.75) is 56.4 Å². The van der Waals surface area contributed by atoms with Gasteiger partial charge in [-0.05, 0) is 29.5 Å². The molecule has 0 spiro atoms. The molecule has 2 heterocycles. The van der Waals surface area contributed by atoms with Gasteiger partial charge in [-0.3, -0.25) is 0 Å². The first-order valence-corrected chi connectivity index (χ1v) is 9.77. The van der Waals surface area contributed by atoms with Crippen LogP contribution >= 0.6 is 0 Å². The summed E-state index contributed by atoms with van der Waals surface area (Å²) >= 11 is 0. The van der Waals surface area contributed by atoms with Crippen LogP contribution in [0.15, 0.2) is 54.6 Å². The van der Waals surface area contributed by atoms with Crippen molar-refractivity contribution in [2.75, 3.05) is 0 Å². The van der Waals surface area contributed by atoms with Crippen molar-refractivity contribution in [3.05, 3.63) is 71.3 Å². The number of nitriles is 1. The Morgan fingerprint density at radius 1 is 1.07 bits per heavy atom. The van der Waals surface area contributed by atoms with E-state index in [9.17, 15) is 9.90 Å². The van der Waals surface area contributed by atoms with E-state index < -0.39 is 5.60 Å². The minimum Gasteiger partial charge on any atom is -0.445 e. The molecule has 0 aliphatic carbocycles. The van der Waals surface area contributed by atoms with Crippen LogP contribution in [0.4, 0.5) is 4.79 Å². The van der Waals surface area contributed by atoms with Crippen LogP contribution in [-0.4, -0.2) is 28.2 Å². The molecule has 2 fully saturated rings. The number of amides is 1. The van der Waals surface area contributed by atoms with Gasteiger partial charge in [0, 0.05) is 24.9 Å². The van der Waals surface area contributed by atoms with E-state index in [0.29, 0.717) is 19.3 Å². The SMILES string of the molecule is N#CCc1ccc(C2(O)CC3CCC(C2)N3C(=O)OCc2ccccc2)cc1. The summed E-state index contributed by atoms with van der Waals surface area (Å²) in [5, 5.41) is 20.1. The maximum Gasteiger partial charge on any atom is 0.410 e. The first-order chi connectivity index (χ1) is 13.6. The van der Waals surface area contributed by atoms with Gasteiger partial charge in [-0.15, -0.1) is 0 Å². The molecule has 2 bridgehead atoms. The highest BCUT2D eigenvalue weighted by molar-refractivity contribution is 5.69. The van der Waals surface area contributed by atoms with Crippen LogP contribution in [0, 0.1) is 11.3 Å². The Labute approximate surface area is 165 Å². The Morgan fingerprint density at radius 2 is 1.71 bits per heavy atom. The van der Waals surface area contributed by atoms with Crippen LogP contribution < -0.4 is 0 Å². The fourth-order valence-electron chi connectivity index (χ4n) is 4.58. The highest BCUT2D eigenvalue weighted by Gasteiger charge is 2.50. The van der Waals surface area contributed by atoms with Crippen LogP contribution in [0.2, 0.25) is 0 Å². The minimum atomic E-state index is -0.937. The number of nitrogens with zero attached hydrogens (tertiary/aromatic N) is 2. The van der Waals surface area contributed by atoms with Gasteiger partial charge in [-0.1, -0.05) is 54.6 Å². The summed E-state index contributed by atoms with van der Waals surface area (Å²) in [5.74, 6) is 0. The standard InChI is InChI=1S/C23H24N2O3/c24-13-12-17-6-8-19(9-7-17)23(27)14-20-10-11-21(15-23)25(20)22(26)28-16-18-4-2-1-3-5-18/h1-9,20-21,27H,10-12,14-16H2. The van der Waals surface area contributed by atoms with E-state index >= 15 is 0 Å². The highest BCUT2D eigenvalue weighted by atomic mass is 16.6. The average Bonchev–Trinajstić information content (AvgIpc) is 3.00. The summed E-state index contributed by atoms with van der Waals surface area (Å²) in [7, 11) is 0. The van der Waals surface area contributed by atoms with Gasteiger partial charge in [0.2, 0.25) is 0 Å². The Balaban J connectivity index is 1.43. The number of rotatable bonds is 4. The topological polar surface area (TPSA) is 73.6 Å². The van der Waals surface area contributed by atoms with E-state index in [0.717, 1.165) is 29.5 Å². The molecule has 2 aromatic carbocycles. The highest BCUT2D eigenvalue weighted by Crippen LogP contribution is 2.46. The molecule has 144 valence electrons. The third kappa shape index (κ3) is 3.61. The second kappa shape index (κ2) is 7.65. The number of aliphatic hydroxyl groups is 1. The van der Waals surface area contributed by atoms with Gasteiger partial charge in [-0.2, -0.15) is 5.26 Å². The van der Waals surface area contributed by atoms with E-state index in [1.807, 2.05) is 59.5 Å². The molecule has 5 heteroatoms. The third-order valence-electron chi connectivity index (χ3n) is 5.96. The largest absolute Gasteiger partial charge is 0.445 e. The monoisotopic (exact) mass is 376 g/mol. The first-order valence-electron chi connectivity index (χ1n) is 9.77. The lowest BCUT2D eigenvalue weighted by atomic mass is 9.80. The second-order valence-corrected chi connectivity index (χ2v) is 7.80. The van der Waals surface area contributed by atoms with Gasteiger partial charge < -0.3 is 14.7 Å². The van der Waals surface area contributed by atoms with Gasteiger partial charge in [-0.25, -0.2) is 4.79 Å². The Hall–Kier alpha value is -2.84. The molecule has 1 N–H and O–H groups in total. The summed E-state index contributed by atoms with van der Waals surface area (Å²) in [5.41, 5.74) is 1.84. The summed E-state index contributed by atoms with van der Waals surface area (Å²) in [6, 6.07) is 19.4. The number of carbonyl (C=O) groups excluding carboxylic acids is 1. The lowest BCUT2D eigenvalue weighted by Gasteiger charge is -2.43. The van der Waals surface area contributed by atoms with E-state index in [1.165, 1.54) is 0 Å². The zero-order valence-corrected chi connectivity index (χ0v) is 15.8. The maximum absolute atomic E-state index is 12.7. The van der Waals surface area contributed by atoms with Gasteiger partial charge >= 0.3 is 6.09 Å². The number of piperidine rings is 1. The number of hydrogen-bond acceptors (Lipinski definition) is 4. The predicted octanol–water partition coefficient (Wildman–Crippen LogP) is 3.90. The van der Waals surface area contributed by atoms with E-state index in [-0.39, 0.29) is 24.8 Å². The zero-order chi connectivity index (χ0) is 19.6. The van der Waals surface area contributed by atoms with Crippen molar-refractivity contribution >= 4 is 6.09 Å². The molecular formula is C23H24N2O3. The fraction of sp³-hybridized carbons (Fsp3) is 0.391. The summed E-state index contributed by atoms with van der Waals surface area (Å²) in [6.07, 6.45) is 2.89. The number of fused-ring (bicyclic) bond motifs is 2. The van der Waals surface area contributed by atoms with Crippen molar-refractivity contribution in [1.82, 2.24) is 4.90 Å². The summed E-state index contributed by atoms with van der Waals surface area (Å²) in [4.78, 5) is 14.5. The molecule has 2 aliphatic heterocycles. The average molecular weight is 376 g/mol. The molecule has 2 aromatic rings. The van der Waals surface area contributed by atoms with E-state index in [2.05, 4.69) is 6.07 Å². The molecule has 0 saturated carbocycles. The van der Waals surface area contributed by atoms with E-state index in [4.69, 9.17) is 10.00 Å². The number of hydrogen-bond donors (Lipinski definition) is 1. The molecule has 2 unspecified atom stereocenters. The zero-order valence-electron chi connectivity index (χ0n) is 15.8. The first kappa shape index (κ1) is 18.5. The molecule has 28 heavy (non-hydrogen) atoms. The van der Waals surface area contributed by atoms with Crippen LogP contribution in [0.25, 0.3) is 0 Å². The lowest BCUT2D eigenvalue weighted by Crippen LogP contribution is -2.52. The van der Waals surface area contributed by atoms with Gasteiger partial charge in [0.05, 0.1) is 18.1 Å². The van der Waals surface area contributed by atoms with Crippen LogP contribution in [-0.2, 0) is 23.4 Å². The van der Waals surface area contributed by atoms with Gasteiger partial charge in [0.25, 0.3) is 0 Å². The van der Waals surface area contributed by atoms with Crippen molar-refractivity contribution in [3.8, 4) is 6.07 Å². The van der Waals surface area contributed by atoms with Gasteiger partial charge in [0.15, 0.2) is 0 Å². The minimum absolute atomic E-state index is 0.00851. The van der Waals surface area contributed by atoms with Crippen molar-refractivity contribution in [2.24, 2.45) is 0 Å². The predicted molar refractivity (Wildman–Crippen MR) is 104 cm³/mol. The number of carbonyl (C=O) groups is 1. The van der Waals surface area contributed by atoms with Crippen LogP contribution in [0.1, 0.15) is 42.4 Å². The Morgan fingerprint density at radius 3 is 2.32 bits per heavy atom. The molecule has 2 saturated heterocycles. The quantitative estimate of drug-likeness (QED) is 0.878. The lowest BCUT2D eigenvalue weighted by molar-refractivity contribution is -0.0536. The Kier molecular flexibility index (Phi) is 5.06. The normalized spacial score (nSPS) is 25.9. The second-order valence-electron chi connectivity index (χ2n) is 7.80. The maximum atomic E-state index is 12.7. The molecule has 4 rings (SSSR count). The van der Waals surface area contributed by atoms with Crippen molar-refractivity contribution in [1.29, 1.82) is 5.26 Å². The van der Waals surface area contributed by atoms with Crippen LogP contribution in [0.5, 0.6) is 0 Å². The molecular weight excluding hydrogens is 352 g/mol. The molecule has 0 radical (unpaired) electrons. The number of ether oxygens (including phenoxy) is 1. The Bertz CT molecular complexity index is 859. The van der Waals surface area contributed by atoms with Crippen LogP contribution in [0.3, 0.4) is 0 Å². The van der Waals surface area contributed by atoms with Gasteiger partial charge in [0.1, 0.15) is 6.61 Å². The van der Waals surface area contributed by atoms with Crippen molar-refractivity contribution < 1.29 is 14.6 Å².